The quantitative estimate of drug-likeness (QED) is 0.529. The van der Waals surface area contributed by atoms with Gasteiger partial charge in [-0.1, -0.05) is 0 Å². The summed E-state index contributed by atoms with van der Waals surface area (Å²) in [4.78, 5) is 34.1. The van der Waals surface area contributed by atoms with Gasteiger partial charge in [-0.3, -0.25) is 19.1 Å². The molecule has 1 aliphatic carbocycles. The third-order valence-electron chi connectivity index (χ3n) is 4.65. The summed E-state index contributed by atoms with van der Waals surface area (Å²) in [7, 11) is 0. The summed E-state index contributed by atoms with van der Waals surface area (Å²) in [5.41, 5.74) is 1.67. The summed E-state index contributed by atoms with van der Waals surface area (Å²) in [6, 6.07) is 9.14. The van der Waals surface area contributed by atoms with Gasteiger partial charge in [0.05, 0.1) is 27.5 Å². The van der Waals surface area contributed by atoms with Crippen LogP contribution in [0.2, 0.25) is 0 Å². The minimum atomic E-state index is -0.195. The van der Waals surface area contributed by atoms with Crippen molar-refractivity contribution >= 4 is 21.8 Å². The highest BCUT2D eigenvalue weighted by Crippen LogP contribution is 2.33. The van der Waals surface area contributed by atoms with Gasteiger partial charge in [-0.05, 0) is 43.2 Å². The summed E-state index contributed by atoms with van der Waals surface area (Å²) in [6.45, 7) is 0. The van der Waals surface area contributed by atoms with Gasteiger partial charge in [0.15, 0.2) is 0 Å². The second kappa shape index (κ2) is 5.11. The lowest BCUT2D eigenvalue weighted by Crippen LogP contribution is -2.21. The highest BCUT2D eigenvalue weighted by molar-refractivity contribution is 5.91. The Hall–Kier alpha value is -3.28. The molecule has 1 aliphatic rings. The van der Waals surface area contributed by atoms with Gasteiger partial charge in [0.2, 0.25) is 0 Å². The van der Waals surface area contributed by atoms with Crippen molar-refractivity contribution in [2.45, 2.75) is 18.9 Å². The summed E-state index contributed by atoms with van der Waals surface area (Å²) in [5.74, 6) is 0. The number of hydrogen-bond donors (Lipinski definition) is 0. The first-order chi connectivity index (χ1) is 12.2. The molecule has 25 heavy (non-hydrogen) atoms. The van der Waals surface area contributed by atoms with Crippen molar-refractivity contribution in [3.8, 4) is 5.69 Å². The van der Waals surface area contributed by atoms with Gasteiger partial charge in [0.25, 0.3) is 11.1 Å². The van der Waals surface area contributed by atoms with Gasteiger partial charge in [0, 0.05) is 30.8 Å². The molecule has 0 unspecified atom stereocenters. The van der Waals surface area contributed by atoms with E-state index in [0.29, 0.717) is 21.8 Å². The zero-order valence-electron chi connectivity index (χ0n) is 13.3. The Labute approximate surface area is 142 Å². The van der Waals surface area contributed by atoms with E-state index in [9.17, 15) is 9.59 Å². The van der Waals surface area contributed by atoms with Crippen LogP contribution >= 0.6 is 0 Å². The highest BCUT2D eigenvalue weighted by Gasteiger charge is 2.25. The Kier molecular flexibility index (Phi) is 2.88. The topological polar surface area (TPSA) is 69.8 Å². The summed E-state index contributed by atoms with van der Waals surface area (Å²) >= 11 is 0. The molecule has 4 aromatic rings. The van der Waals surface area contributed by atoms with Crippen LogP contribution < -0.4 is 11.1 Å². The third-order valence-corrected chi connectivity index (χ3v) is 4.65. The van der Waals surface area contributed by atoms with Crippen LogP contribution in [0.3, 0.4) is 0 Å². The van der Waals surface area contributed by atoms with E-state index in [1.54, 1.807) is 58.2 Å². The predicted octanol–water partition coefficient (Wildman–Crippen LogP) is 2.43. The largest absolute Gasteiger partial charge is 0.312 e. The van der Waals surface area contributed by atoms with Crippen LogP contribution in [0.15, 0.2) is 64.7 Å². The summed E-state index contributed by atoms with van der Waals surface area (Å²) in [5, 5.41) is 0.934. The van der Waals surface area contributed by atoms with Crippen molar-refractivity contribution in [2.24, 2.45) is 0 Å². The highest BCUT2D eigenvalue weighted by atomic mass is 16.1. The van der Waals surface area contributed by atoms with Crippen molar-refractivity contribution in [1.29, 1.82) is 0 Å². The Bertz CT molecular complexity index is 1240. The third kappa shape index (κ3) is 2.18. The second-order valence-electron chi connectivity index (χ2n) is 6.31. The van der Waals surface area contributed by atoms with Crippen LogP contribution in [0.4, 0.5) is 0 Å². The molecule has 0 saturated heterocycles. The standard InChI is InChI=1S/C19H14N4O2/c24-18-14-11-15-17(21-16(14)5-9-22(18)12-1-2-12)6-10-23(19(15)25)13-3-7-20-8-4-13/h3-12H,1-2H2. The first-order valence-corrected chi connectivity index (χ1v) is 8.20. The number of nitrogens with zero attached hydrogens (tertiary/aromatic N) is 4. The van der Waals surface area contributed by atoms with E-state index >= 15 is 0 Å². The minimum absolute atomic E-state index is 0.0758. The molecule has 1 fully saturated rings. The first-order valence-electron chi connectivity index (χ1n) is 8.20. The molecule has 5 rings (SSSR count). The lowest BCUT2D eigenvalue weighted by atomic mass is 10.2. The number of aromatic nitrogens is 4. The minimum Gasteiger partial charge on any atom is -0.312 e. The molecule has 6 heteroatoms. The van der Waals surface area contributed by atoms with E-state index in [1.807, 2.05) is 6.07 Å². The van der Waals surface area contributed by atoms with Crippen LogP contribution in [-0.4, -0.2) is 19.1 Å². The normalized spacial score (nSPS) is 14.2. The molecular formula is C19H14N4O2. The van der Waals surface area contributed by atoms with Gasteiger partial charge in [-0.2, -0.15) is 0 Å². The lowest BCUT2D eigenvalue weighted by molar-refractivity contribution is 0.714. The average molecular weight is 330 g/mol. The summed E-state index contributed by atoms with van der Waals surface area (Å²) < 4.78 is 3.29. The predicted molar refractivity (Wildman–Crippen MR) is 95.2 cm³/mol. The van der Waals surface area contributed by atoms with Gasteiger partial charge < -0.3 is 4.57 Å². The van der Waals surface area contributed by atoms with Crippen LogP contribution in [0.5, 0.6) is 0 Å². The fourth-order valence-corrected chi connectivity index (χ4v) is 3.19. The Morgan fingerprint density at radius 3 is 2.28 bits per heavy atom. The van der Waals surface area contributed by atoms with Gasteiger partial charge in [-0.15, -0.1) is 0 Å². The molecule has 0 atom stereocenters. The van der Waals surface area contributed by atoms with E-state index in [-0.39, 0.29) is 17.2 Å². The number of hydrogen-bond acceptors (Lipinski definition) is 4. The smallest absolute Gasteiger partial charge is 0.264 e. The van der Waals surface area contributed by atoms with E-state index < -0.39 is 0 Å². The zero-order chi connectivity index (χ0) is 17.0. The maximum Gasteiger partial charge on any atom is 0.264 e. The van der Waals surface area contributed by atoms with Crippen LogP contribution in [-0.2, 0) is 0 Å². The van der Waals surface area contributed by atoms with Crippen molar-refractivity contribution in [3.63, 3.8) is 0 Å². The monoisotopic (exact) mass is 330 g/mol. The second-order valence-corrected chi connectivity index (χ2v) is 6.31. The van der Waals surface area contributed by atoms with Crippen LogP contribution in [0.1, 0.15) is 18.9 Å². The molecular weight excluding hydrogens is 316 g/mol. The number of pyridine rings is 4. The number of fused-ring (bicyclic) bond motifs is 2. The molecule has 122 valence electrons. The fourth-order valence-electron chi connectivity index (χ4n) is 3.19. The molecule has 6 nitrogen and oxygen atoms in total. The molecule has 0 radical (unpaired) electrons. The Morgan fingerprint density at radius 1 is 0.880 bits per heavy atom. The lowest BCUT2D eigenvalue weighted by Gasteiger charge is -2.09. The molecule has 4 aromatic heterocycles. The van der Waals surface area contributed by atoms with E-state index in [1.165, 1.54) is 0 Å². The Balaban J connectivity index is 1.82. The van der Waals surface area contributed by atoms with E-state index in [0.717, 1.165) is 18.5 Å². The zero-order valence-corrected chi connectivity index (χ0v) is 13.3. The van der Waals surface area contributed by atoms with Crippen molar-refractivity contribution in [1.82, 2.24) is 19.1 Å². The molecule has 0 amide bonds. The first kappa shape index (κ1) is 14.1. The Morgan fingerprint density at radius 2 is 1.56 bits per heavy atom. The van der Waals surface area contributed by atoms with Crippen LogP contribution in [0.25, 0.3) is 27.5 Å². The van der Waals surface area contributed by atoms with Crippen LogP contribution in [0, 0.1) is 0 Å². The van der Waals surface area contributed by atoms with Crippen molar-refractivity contribution in [2.75, 3.05) is 0 Å². The van der Waals surface area contributed by atoms with Gasteiger partial charge in [-0.25, -0.2) is 4.98 Å². The number of rotatable bonds is 2. The molecule has 0 bridgehead atoms. The molecule has 0 aromatic carbocycles. The van der Waals surface area contributed by atoms with Crippen molar-refractivity contribution in [3.05, 3.63) is 75.8 Å². The molecule has 1 saturated carbocycles. The maximum atomic E-state index is 12.9. The molecule has 0 spiro atoms. The summed E-state index contributed by atoms with van der Waals surface area (Å²) in [6.07, 6.45) is 8.84. The maximum absolute atomic E-state index is 12.9. The van der Waals surface area contributed by atoms with Crippen molar-refractivity contribution < 1.29 is 0 Å². The van der Waals surface area contributed by atoms with E-state index in [4.69, 9.17) is 0 Å². The average Bonchev–Trinajstić information content (AvgIpc) is 3.47. The van der Waals surface area contributed by atoms with Gasteiger partial charge in [0.1, 0.15) is 0 Å². The molecule has 4 heterocycles. The fraction of sp³-hybridized carbons (Fsp3) is 0.158. The SMILES string of the molecule is O=c1c2cc3c(=O)n(C4CC4)ccc3nc2ccn1-c1ccncc1. The van der Waals surface area contributed by atoms with Gasteiger partial charge >= 0.3 is 0 Å². The van der Waals surface area contributed by atoms with E-state index in [2.05, 4.69) is 9.97 Å². The molecule has 0 N–H and O–H groups in total. The molecule has 0 aliphatic heterocycles.